The van der Waals surface area contributed by atoms with Crippen LogP contribution in [0.4, 0.5) is 5.69 Å². The van der Waals surface area contributed by atoms with E-state index in [0.29, 0.717) is 10.7 Å². The van der Waals surface area contributed by atoms with Crippen molar-refractivity contribution in [3.63, 3.8) is 0 Å². The van der Waals surface area contributed by atoms with E-state index in [0.717, 1.165) is 5.56 Å². The highest BCUT2D eigenvalue weighted by molar-refractivity contribution is 7.89. The van der Waals surface area contributed by atoms with Crippen LogP contribution in [0.3, 0.4) is 0 Å². The molecule has 112 valence electrons. The molecule has 1 aromatic carbocycles. The molecular formula is C14H16ClN3O2S. The molecule has 2 rings (SSSR count). The van der Waals surface area contributed by atoms with Crippen LogP contribution in [0.2, 0.25) is 5.02 Å². The molecule has 0 bridgehead atoms. The van der Waals surface area contributed by atoms with Crippen LogP contribution in [0.25, 0.3) is 0 Å². The van der Waals surface area contributed by atoms with Crippen LogP contribution in [0, 0.1) is 0 Å². The van der Waals surface area contributed by atoms with E-state index in [1.54, 1.807) is 38.2 Å². The predicted molar refractivity (Wildman–Crippen MR) is 84.0 cm³/mol. The molecule has 7 heteroatoms. The Morgan fingerprint density at radius 2 is 2.05 bits per heavy atom. The summed E-state index contributed by atoms with van der Waals surface area (Å²) >= 11 is 5.93. The van der Waals surface area contributed by atoms with Gasteiger partial charge < -0.3 is 5.32 Å². The third kappa shape index (κ3) is 3.72. The van der Waals surface area contributed by atoms with Crippen molar-refractivity contribution in [1.29, 1.82) is 0 Å². The summed E-state index contributed by atoms with van der Waals surface area (Å²) in [4.78, 5) is 3.99. The fourth-order valence-electron chi connectivity index (χ4n) is 1.94. The van der Waals surface area contributed by atoms with Gasteiger partial charge in [-0.2, -0.15) is 0 Å². The highest BCUT2D eigenvalue weighted by Crippen LogP contribution is 2.23. The minimum atomic E-state index is -3.68. The molecule has 1 aromatic heterocycles. The van der Waals surface area contributed by atoms with Gasteiger partial charge in [-0.1, -0.05) is 23.7 Å². The molecule has 0 saturated heterocycles. The maximum absolute atomic E-state index is 12.5. The van der Waals surface area contributed by atoms with Crippen molar-refractivity contribution in [2.24, 2.45) is 0 Å². The Morgan fingerprint density at radius 1 is 1.29 bits per heavy atom. The number of sulfonamides is 1. The summed E-state index contributed by atoms with van der Waals surface area (Å²) in [5.74, 6) is 0. The highest BCUT2D eigenvalue weighted by atomic mass is 35.5. The molecule has 0 saturated carbocycles. The first kappa shape index (κ1) is 15.8. The lowest BCUT2D eigenvalue weighted by molar-refractivity contribution is 0.567. The fourth-order valence-corrected chi connectivity index (χ4v) is 3.53. The van der Waals surface area contributed by atoms with Gasteiger partial charge in [-0.3, -0.25) is 4.98 Å². The zero-order valence-electron chi connectivity index (χ0n) is 11.7. The van der Waals surface area contributed by atoms with Crippen LogP contribution in [0.5, 0.6) is 0 Å². The molecule has 0 fully saturated rings. The molecule has 1 heterocycles. The molecule has 5 nitrogen and oxygen atoms in total. The summed E-state index contributed by atoms with van der Waals surface area (Å²) in [6.45, 7) is 1.76. The van der Waals surface area contributed by atoms with Gasteiger partial charge in [0.15, 0.2) is 0 Å². The van der Waals surface area contributed by atoms with Gasteiger partial charge >= 0.3 is 0 Å². The molecule has 0 radical (unpaired) electrons. The number of nitrogens with zero attached hydrogens (tertiary/aromatic N) is 1. The molecule has 0 aliphatic heterocycles. The second kappa shape index (κ2) is 6.43. The first-order valence-electron chi connectivity index (χ1n) is 6.33. The number of anilines is 1. The first-order valence-corrected chi connectivity index (χ1v) is 8.19. The number of hydrogen-bond acceptors (Lipinski definition) is 4. The summed E-state index contributed by atoms with van der Waals surface area (Å²) in [5, 5.41) is 3.41. The quantitative estimate of drug-likeness (QED) is 0.886. The molecule has 1 atom stereocenters. The Labute approximate surface area is 129 Å². The number of pyridine rings is 1. The Kier molecular flexibility index (Phi) is 4.82. The van der Waals surface area contributed by atoms with Gasteiger partial charge in [-0.15, -0.1) is 0 Å². The fraction of sp³-hybridized carbons (Fsp3) is 0.214. The summed E-state index contributed by atoms with van der Waals surface area (Å²) in [6, 6.07) is 8.29. The Bertz CT molecular complexity index is 735. The summed E-state index contributed by atoms with van der Waals surface area (Å²) < 4.78 is 27.5. The largest absolute Gasteiger partial charge is 0.387 e. The van der Waals surface area contributed by atoms with Gasteiger partial charge in [0.2, 0.25) is 10.0 Å². The average Bonchev–Trinajstić information content (AvgIpc) is 2.46. The van der Waals surface area contributed by atoms with Crippen molar-refractivity contribution >= 4 is 27.3 Å². The number of rotatable bonds is 5. The van der Waals surface area contributed by atoms with E-state index in [9.17, 15) is 8.42 Å². The third-order valence-electron chi connectivity index (χ3n) is 3.02. The number of hydrogen-bond donors (Lipinski definition) is 2. The molecule has 0 aliphatic rings. The van der Waals surface area contributed by atoms with Crippen molar-refractivity contribution in [2.75, 3.05) is 12.4 Å². The summed E-state index contributed by atoms with van der Waals surface area (Å²) in [6.07, 6.45) is 2.85. The van der Waals surface area contributed by atoms with Crippen LogP contribution in [-0.2, 0) is 10.0 Å². The van der Waals surface area contributed by atoms with Crippen LogP contribution in [-0.4, -0.2) is 20.4 Å². The lowest BCUT2D eigenvalue weighted by Crippen LogP contribution is -2.27. The maximum Gasteiger partial charge on any atom is 0.244 e. The third-order valence-corrected chi connectivity index (χ3v) is 4.83. The summed E-state index contributed by atoms with van der Waals surface area (Å²) in [5.41, 5.74) is 1.29. The molecule has 2 aromatic rings. The van der Waals surface area contributed by atoms with Gasteiger partial charge in [0.05, 0.1) is 5.69 Å². The molecule has 1 unspecified atom stereocenters. The normalized spacial score (nSPS) is 12.9. The summed E-state index contributed by atoms with van der Waals surface area (Å²) in [7, 11) is -2.02. The second-order valence-corrected chi connectivity index (χ2v) is 6.64. The van der Waals surface area contributed by atoms with Crippen molar-refractivity contribution in [1.82, 2.24) is 9.71 Å². The maximum atomic E-state index is 12.5. The van der Waals surface area contributed by atoms with Gasteiger partial charge in [0.1, 0.15) is 4.90 Å². The van der Waals surface area contributed by atoms with E-state index < -0.39 is 16.1 Å². The number of nitrogens with one attached hydrogen (secondary N) is 2. The van der Waals surface area contributed by atoms with Gasteiger partial charge in [-0.05, 0) is 30.7 Å². The van der Waals surface area contributed by atoms with Crippen LogP contribution < -0.4 is 10.0 Å². The van der Waals surface area contributed by atoms with Crippen molar-refractivity contribution in [3.05, 3.63) is 53.3 Å². The van der Waals surface area contributed by atoms with Crippen LogP contribution >= 0.6 is 11.6 Å². The highest BCUT2D eigenvalue weighted by Gasteiger charge is 2.21. The van der Waals surface area contributed by atoms with Crippen molar-refractivity contribution in [2.45, 2.75) is 17.9 Å². The molecule has 2 N–H and O–H groups in total. The molecular weight excluding hydrogens is 310 g/mol. The molecule has 0 aliphatic carbocycles. The van der Waals surface area contributed by atoms with E-state index in [1.165, 1.54) is 12.4 Å². The molecule has 0 spiro atoms. The average molecular weight is 326 g/mol. The predicted octanol–water partition coefficient (Wildman–Crippen LogP) is 2.82. The second-order valence-electron chi connectivity index (χ2n) is 4.52. The minimum absolute atomic E-state index is 0.112. The first-order chi connectivity index (χ1) is 9.94. The van der Waals surface area contributed by atoms with Gasteiger partial charge in [0.25, 0.3) is 0 Å². The zero-order chi connectivity index (χ0) is 15.5. The van der Waals surface area contributed by atoms with Gasteiger partial charge in [0, 0.05) is 30.5 Å². The van der Waals surface area contributed by atoms with E-state index >= 15 is 0 Å². The van der Waals surface area contributed by atoms with E-state index in [-0.39, 0.29) is 4.90 Å². The van der Waals surface area contributed by atoms with E-state index in [2.05, 4.69) is 15.0 Å². The lowest BCUT2D eigenvalue weighted by Gasteiger charge is -2.16. The van der Waals surface area contributed by atoms with E-state index in [4.69, 9.17) is 11.6 Å². The lowest BCUT2D eigenvalue weighted by atomic mass is 10.1. The van der Waals surface area contributed by atoms with Gasteiger partial charge in [-0.25, -0.2) is 13.1 Å². The monoisotopic (exact) mass is 325 g/mol. The van der Waals surface area contributed by atoms with E-state index in [1.807, 2.05) is 6.07 Å². The van der Waals surface area contributed by atoms with Crippen molar-refractivity contribution in [3.8, 4) is 0 Å². The minimum Gasteiger partial charge on any atom is -0.387 e. The zero-order valence-corrected chi connectivity index (χ0v) is 13.2. The standard InChI is InChI=1S/C14H16ClN3O2S/c1-10(11-4-3-5-12(15)8-11)18-21(19,20)14-9-17-7-6-13(14)16-2/h3-10,18H,1-2H3,(H,16,17). The Balaban J connectivity index is 2.29. The number of aromatic nitrogens is 1. The number of benzene rings is 1. The smallest absolute Gasteiger partial charge is 0.244 e. The Morgan fingerprint density at radius 3 is 2.71 bits per heavy atom. The SMILES string of the molecule is CNc1ccncc1S(=O)(=O)NC(C)c1cccc(Cl)c1. The Hall–Kier alpha value is -1.63. The topological polar surface area (TPSA) is 71.1 Å². The van der Waals surface area contributed by atoms with Crippen molar-refractivity contribution < 1.29 is 8.42 Å². The van der Waals surface area contributed by atoms with Crippen LogP contribution in [0.1, 0.15) is 18.5 Å². The number of halogens is 1. The van der Waals surface area contributed by atoms with Crippen LogP contribution in [0.15, 0.2) is 47.6 Å². The molecule has 21 heavy (non-hydrogen) atoms. The molecule has 0 amide bonds.